The second-order valence-electron chi connectivity index (χ2n) is 14.3. The third-order valence-electron chi connectivity index (χ3n) is 10.7. The molecule has 8 aromatic carbocycles. The van der Waals surface area contributed by atoms with Gasteiger partial charge in [0, 0.05) is 28.2 Å². The molecule has 2 heteroatoms. The highest BCUT2D eigenvalue weighted by molar-refractivity contribution is 5.88. The summed E-state index contributed by atoms with van der Waals surface area (Å²) in [5.74, 6) is 0. The lowest BCUT2D eigenvalue weighted by molar-refractivity contribution is 0.632. The Bertz CT molecular complexity index is 2490. The summed E-state index contributed by atoms with van der Waals surface area (Å²) in [4.78, 5) is 4.75. The van der Waals surface area contributed by atoms with Gasteiger partial charge in [-0.15, -0.1) is 0 Å². The molecule has 0 atom stereocenters. The Kier molecular flexibility index (Phi) is 8.21. The minimum atomic E-state index is -0.182. The van der Waals surface area contributed by atoms with Crippen LogP contribution in [0.3, 0.4) is 0 Å². The van der Waals surface area contributed by atoms with Crippen LogP contribution in [0.2, 0.25) is 0 Å². The van der Waals surface area contributed by atoms with E-state index in [1.165, 1.54) is 55.9 Å². The van der Waals surface area contributed by atoms with Crippen molar-refractivity contribution in [2.75, 3.05) is 9.80 Å². The van der Waals surface area contributed by atoms with Crippen LogP contribution >= 0.6 is 0 Å². The second-order valence-corrected chi connectivity index (χ2v) is 14.3. The maximum atomic E-state index is 2.43. The molecule has 2 nitrogen and oxygen atoms in total. The van der Waals surface area contributed by atoms with E-state index in [9.17, 15) is 0 Å². The predicted octanol–water partition coefficient (Wildman–Crippen LogP) is 14.3. The fraction of sp³-hybridized carbons (Fsp3) is 0.0588. The zero-order valence-electron chi connectivity index (χ0n) is 30.0. The van der Waals surface area contributed by atoms with Crippen molar-refractivity contribution in [2.45, 2.75) is 19.3 Å². The normalized spacial score (nSPS) is 12.8. The zero-order chi connectivity index (χ0) is 35.8. The van der Waals surface area contributed by atoms with E-state index in [-0.39, 0.29) is 5.41 Å². The average Bonchev–Trinajstić information content (AvgIpc) is 3.23. The van der Waals surface area contributed by atoms with Gasteiger partial charge >= 0.3 is 0 Å². The number of nitrogens with zero attached hydrogens (tertiary/aromatic N) is 2. The van der Waals surface area contributed by atoms with Crippen molar-refractivity contribution in [1.29, 1.82) is 0 Å². The molecule has 0 bridgehead atoms. The van der Waals surface area contributed by atoms with Crippen LogP contribution in [0.15, 0.2) is 206 Å². The lowest BCUT2D eigenvalue weighted by atomic mass is 9.73. The molecule has 0 N–H and O–H groups in total. The molecule has 8 aromatic rings. The number of hydrogen-bond acceptors (Lipinski definition) is 2. The van der Waals surface area contributed by atoms with E-state index >= 15 is 0 Å². The highest BCUT2D eigenvalue weighted by Crippen LogP contribution is 2.52. The molecular formula is C51H40N2. The summed E-state index contributed by atoms with van der Waals surface area (Å²) in [7, 11) is 0. The Labute approximate surface area is 312 Å². The van der Waals surface area contributed by atoms with Crippen LogP contribution in [0, 0.1) is 0 Å². The number of anilines is 6. The van der Waals surface area contributed by atoms with Gasteiger partial charge in [-0.25, -0.2) is 0 Å². The zero-order valence-corrected chi connectivity index (χ0v) is 30.0. The van der Waals surface area contributed by atoms with Gasteiger partial charge in [0.25, 0.3) is 0 Å². The molecule has 0 aromatic heterocycles. The highest BCUT2D eigenvalue weighted by atomic mass is 15.2. The third-order valence-corrected chi connectivity index (χ3v) is 10.7. The Morgan fingerprint density at radius 1 is 0.340 bits per heavy atom. The van der Waals surface area contributed by atoms with Crippen LogP contribution in [-0.2, 0) is 5.41 Å². The standard InChI is InChI=1S/C51H40N2/c1-51(2)47-20-12-13-21-49(47)53(46-33-24-40(25-34-46)38-16-8-4-9-17-38)50-35-28-42(36-48(50)51)41-26-31-45(32-27-41)52(43-18-10-5-11-19-43)44-29-22-39(23-30-44)37-14-6-3-7-15-37/h3-36H,1-2H3. The molecule has 0 radical (unpaired) electrons. The summed E-state index contributed by atoms with van der Waals surface area (Å²) in [6.45, 7) is 4.71. The van der Waals surface area contributed by atoms with Crippen molar-refractivity contribution in [1.82, 2.24) is 0 Å². The van der Waals surface area contributed by atoms with Gasteiger partial charge in [0.1, 0.15) is 0 Å². The topological polar surface area (TPSA) is 6.48 Å². The first-order valence-electron chi connectivity index (χ1n) is 18.4. The van der Waals surface area contributed by atoms with Crippen LogP contribution in [0.25, 0.3) is 33.4 Å². The number of hydrogen-bond donors (Lipinski definition) is 0. The molecule has 0 saturated carbocycles. The Balaban J connectivity index is 1.07. The Morgan fingerprint density at radius 2 is 0.736 bits per heavy atom. The van der Waals surface area contributed by atoms with E-state index in [2.05, 4.69) is 230 Å². The van der Waals surface area contributed by atoms with E-state index in [0.717, 1.165) is 22.7 Å². The van der Waals surface area contributed by atoms with Gasteiger partial charge in [-0.3, -0.25) is 0 Å². The first-order chi connectivity index (χ1) is 26.0. The largest absolute Gasteiger partial charge is 0.311 e. The number of benzene rings is 8. The average molecular weight is 681 g/mol. The van der Waals surface area contributed by atoms with Gasteiger partial charge < -0.3 is 9.80 Å². The summed E-state index contributed by atoms with van der Waals surface area (Å²) >= 11 is 0. The molecule has 0 aliphatic carbocycles. The predicted molar refractivity (Wildman–Crippen MR) is 224 cm³/mol. The van der Waals surface area contributed by atoms with Crippen LogP contribution in [-0.4, -0.2) is 0 Å². The van der Waals surface area contributed by atoms with Crippen LogP contribution in [0.1, 0.15) is 25.0 Å². The number of fused-ring (bicyclic) bond motifs is 2. The Morgan fingerprint density at radius 3 is 1.30 bits per heavy atom. The summed E-state index contributed by atoms with van der Waals surface area (Å²) in [5.41, 5.74) is 16.7. The molecule has 0 unspecified atom stereocenters. The van der Waals surface area contributed by atoms with Crippen molar-refractivity contribution in [2.24, 2.45) is 0 Å². The van der Waals surface area contributed by atoms with Crippen molar-refractivity contribution in [3.8, 4) is 33.4 Å². The van der Waals surface area contributed by atoms with Gasteiger partial charge in [-0.05, 0) is 111 Å². The molecule has 0 saturated heterocycles. The molecule has 0 fully saturated rings. The monoisotopic (exact) mass is 680 g/mol. The molecule has 53 heavy (non-hydrogen) atoms. The van der Waals surface area contributed by atoms with Gasteiger partial charge in [-0.2, -0.15) is 0 Å². The quantitative estimate of drug-likeness (QED) is 0.165. The fourth-order valence-corrected chi connectivity index (χ4v) is 7.86. The summed E-state index contributed by atoms with van der Waals surface area (Å²) in [5, 5.41) is 0. The highest BCUT2D eigenvalue weighted by Gasteiger charge is 2.37. The van der Waals surface area contributed by atoms with Crippen molar-refractivity contribution >= 4 is 34.1 Å². The van der Waals surface area contributed by atoms with E-state index in [1.807, 2.05) is 0 Å². The molecule has 0 amide bonds. The van der Waals surface area contributed by atoms with E-state index in [0.29, 0.717) is 0 Å². The summed E-state index contributed by atoms with van der Waals surface area (Å²) in [6, 6.07) is 74.4. The van der Waals surface area contributed by atoms with Crippen molar-refractivity contribution in [3.05, 3.63) is 217 Å². The molecule has 254 valence electrons. The van der Waals surface area contributed by atoms with Gasteiger partial charge in [0.2, 0.25) is 0 Å². The summed E-state index contributed by atoms with van der Waals surface area (Å²) < 4.78 is 0. The SMILES string of the molecule is CC1(C)c2ccccc2N(c2ccc(-c3ccccc3)cc2)c2ccc(-c3ccc(N(c4ccccc4)c4ccc(-c5ccccc5)cc4)cc3)cc21. The first kappa shape index (κ1) is 32.3. The van der Waals surface area contributed by atoms with Gasteiger partial charge in [0.05, 0.1) is 11.4 Å². The maximum absolute atomic E-state index is 2.43. The molecule has 1 aliphatic rings. The minimum Gasteiger partial charge on any atom is -0.311 e. The van der Waals surface area contributed by atoms with Gasteiger partial charge in [-0.1, -0.05) is 153 Å². The lowest BCUT2D eigenvalue weighted by Crippen LogP contribution is -2.30. The molecule has 9 rings (SSSR count). The van der Waals surface area contributed by atoms with Gasteiger partial charge in [0.15, 0.2) is 0 Å². The smallest absolute Gasteiger partial charge is 0.0503 e. The number of rotatable bonds is 7. The molecule has 0 spiro atoms. The van der Waals surface area contributed by atoms with Crippen LogP contribution in [0.5, 0.6) is 0 Å². The second kappa shape index (κ2) is 13.5. The van der Waals surface area contributed by atoms with E-state index in [4.69, 9.17) is 0 Å². The van der Waals surface area contributed by atoms with E-state index < -0.39 is 0 Å². The fourth-order valence-electron chi connectivity index (χ4n) is 7.86. The number of para-hydroxylation sites is 2. The first-order valence-corrected chi connectivity index (χ1v) is 18.4. The van der Waals surface area contributed by atoms with Crippen molar-refractivity contribution < 1.29 is 0 Å². The Hall–Kier alpha value is -6.64. The lowest BCUT2D eigenvalue weighted by Gasteiger charge is -2.42. The van der Waals surface area contributed by atoms with E-state index in [1.54, 1.807) is 0 Å². The van der Waals surface area contributed by atoms with Crippen LogP contribution in [0.4, 0.5) is 34.1 Å². The maximum Gasteiger partial charge on any atom is 0.0503 e. The van der Waals surface area contributed by atoms with Crippen LogP contribution < -0.4 is 9.80 Å². The van der Waals surface area contributed by atoms with Crippen molar-refractivity contribution in [3.63, 3.8) is 0 Å². The minimum absolute atomic E-state index is 0.182. The molecule has 1 aliphatic heterocycles. The summed E-state index contributed by atoms with van der Waals surface area (Å²) in [6.07, 6.45) is 0. The molecule has 1 heterocycles. The molecular weight excluding hydrogens is 641 g/mol. The third kappa shape index (κ3) is 5.99.